The third kappa shape index (κ3) is 3.75. The van der Waals surface area contributed by atoms with Gasteiger partial charge in [0.1, 0.15) is 11.6 Å². The molecule has 2 heterocycles. The number of benzene rings is 2. The van der Waals surface area contributed by atoms with Gasteiger partial charge in [0.05, 0.1) is 11.0 Å². The van der Waals surface area contributed by atoms with Crippen LogP contribution >= 0.6 is 0 Å². The Balaban J connectivity index is 1.71. The second kappa shape index (κ2) is 8.72. The number of rotatable bonds is 3. The average molecular weight is 471 g/mol. The zero-order chi connectivity index (χ0) is 24.9. The first kappa shape index (κ1) is 24.8. The lowest BCUT2D eigenvalue weighted by molar-refractivity contribution is -0.164. The van der Waals surface area contributed by atoms with E-state index in [-0.39, 0.29) is 17.7 Å². The van der Waals surface area contributed by atoms with Gasteiger partial charge in [-0.15, -0.1) is 0 Å². The quantitative estimate of drug-likeness (QED) is 0.685. The Bertz CT molecular complexity index is 1040. The molecular formula is C28H36F2N2O2. The lowest BCUT2D eigenvalue weighted by Crippen LogP contribution is -2.61. The average Bonchev–Trinajstić information content (AvgIpc) is 3.23. The Hall–Kier alpha value is -2.31. The van der Waals surface area contributed by atoms with Crippen LogP contribution in [0.4, 0.5) is 8.78 Å². The van der Waals surface area contributed by atoms with E-state index >= 15 is 0 Å². The van der Waals surface area contributed by atoms with E-state index in [4.69, 9.17) is 0 Å². The third-order valence-corrected chi connectivity index (χ3v) is 8.42. The largest absolute Gasteiger partial charge is 0.384 e. The van der Waals surface area contributed by atoms with Crippen molar-refractivity contribution in [2.45, 2.75) is 46.1 Å². The van der Waals surface area contributed by atoms with E-state index in [0.29, 0.717) is 31.7 Å². The summed E-state index contributed by atoms with van der Waals surface area (Å²) in [4.78, 5) is 16.2. The van der Waals surface area contributed by atoms with Crippen molar-refractivity contribution in [3.63, 3.8) is 0 Å². The molecule has 184 valence electrons. The Morgan fingerprint density at radius 3 is 2.24 bits per heavy atom. The monoisotopic (exact) mass is 470 g/mol. The van der Waals surface area contributed by atoms with Crippen molar-refractivity contribution in [3.8, 4) is 0 Å². The van der Waals surface area contributed by atoms with Gasteiger partial charge >= 0.3 is 0 Å². The maximum Gasteiger partial charge on any atom is 0.231 e. The SMILES string of the molecule is C[C@@H]1CN(C(=O)[C@@]2(C(C)(C)C)CNC[C@H]2c2ccc(F)cc2F)C[C@H](C)[C@]1(O)c1ccccc1. The van der Waals surface area contributed by atoms with E-state index in [1.54, 1.807) is 0 Å². The topological polar surface area (TPSA) is 52.6 Å². The fourth-order valence-electron chi connectivity index (χ4n) is 6.43. The van der Waals surface area contributed by atoms with Crippen LogP contribution in [0.2, 0.25) is 0 Å². The van der Waals surface area contributed by atoms with E-state index in [2.05, 4.69) is 5.32 Å². The molecule has 2 saturated heterocycles. The van der Waals surface area contributed by atoms with Gasteiger partial charge in [-0.2, -0.15) is 0 Å². The lowest BCUT2D eigenvalue weighted by Gasteiger charge is -2.52. The van der Waals surface area contributed by atoms with Crippen LogP contribution < -0.4 is 5.32 Å². The third-order valence-electron chi connectivity index (χ3n) is 8.42. The van der Waals surface area contributed by atoms with Gasteiger partial charge in [-0.3, -0.25) is 4.79 Å². The molecule has 0 saturated carbocycles. The predicted molar refractivity (Wildman–Crippen MR) is 129 cm³/mol. The van der Waals surface area contributed by atoms with Gasteiger partial charge in [0, 0.05) is 50.0 Å². The molecule has 2 aromatic rings. The molecule has 4 nitrogen and oxygen atoms in total. The van der Waals surface area contributed by atoms with E-state index in [9.17, 15) is 18.7 Å². The van der Waals surface area contributed by atoms with Crippen LogP contribution in [-0.2, 0) is 10.4 Å². The van der Waals surface area contributed by atoms with E-state index < -0.39 is 34.0 Å². The number of piperidine rings is 1. The number of hydrogen-bond acceptors (Lipinski definition) is 3. The van der Waals surface area contributed by atoms with Gasteiger partial charge < -0.3 is 15.3 Å². The zero-order valence-corrected chi connectivity index (χ0v) is 20.7. The molecule has 0 aliphatic carbocycles. The van der Waals surface area contributed by atoms with Crippen molar-refractivity contribution in [1.82, 2.24) is 10.2 Å². The lowest BCUT2D eigenvalue weighted by atomic mass is 9.58. The minimum atomic E-state index is -1.04. The Labute approximate surface area is 201 Å². The van der Waals surface area contributed by atoms with Gasteiger partial charge in [0.15, 0.2) is 0 Å². The summed E-state index contributed by atoms with van der Waals surface area (Å²) in [6.45, 7) is 11.7. The highest BCUT2D eigenvalue weighted by atomic mass is 19.1. The molecule has 0 aromatic heterocycles. The maximum atomic E-state index is 14.9. The highest BCUT2D eigenvalue weighted by molar-refractivity contribution is 5.86. The molecule has 0 radical (unpaired) electrons. The van der Waals surface area contributed by atoms with E-state index in [1.807, 2.05) is 69.9 Å². The van der Waals surface area contributed by atoms with Crippen molar-refractivity contribution in [3.05, 3.63) is 71.3 Å². The molecular weight excluding hydrogens is 434 g/mol. The maximum absolute atomic E-state index is 14.9. The van der Waals surface area contributed by atoms with Crippen LogP contribution in [0.5, 0.6) is 0 Å². The van der Waals surface area contributed by atoms with Crippen LogP contribution in [0.3, 0.4) is 0 Å². The van der Waals surface area contributed by atoms with Crippen LogP contribution in [0, 0.1) is 34.3 Å². The molecule has 4 rings (SSSR count). The first-order chi connectivity index (χ1) is 15.9. The first-order valence-corrected chi connectivity index (χ1v) is 12.2. The van der Waals surface area contributed by atoms with Gasteiger partial charge in [0.25, 0.3) is 0 Å². The summed E-state index contributed by atoms with van der Waals surface area (Å²) in [5.41, 5.74) is -1.20. The molecule has 2 N–H and O–H groups in total. The number of nitrogens with zero attached hydrogens (tertiary/aromatic N) is 1. The predicted octanol–water partition coefficient (Wildman–Crippen LogP) is 4.69. The summed E-state index contributed by atoms with van der Waals surface area (Å²) >= 11 is 0. The van der Waals surface area contributed by atoms with E-state index in [1.165, 1.54) is 12.1 Å². The summed E-state index contributed by atoms with van der Waals surface area (Å²) in [6, 6.07) is 13.3. The summed E-state index contributed by atoms with van der Waals surface area (Å²) in [7, 11) is 0. The number of amides is 1. The summed E-state index contributed by atoms with van der Waals surface area (Å²) in [6.07, 6.45) is 0. The van der Waals surface area contributed by atoms with Crippen LogP contribution in [0.15, 0.2) is 48.5 Å². The number of carbonyl (C=O) groups is 1. The van der Waals surface area contributed by atoms with Crippen LogP contribution in [0.25, 0.3) is 0 Å². The summed E-state index contributed by atoms with van der Waals surface area (Å²) in [5.74, 6) is -2.08. The fraction of sp³-hybridized carbons (Fsp3) is 0.536. The van der Waals surface area contributed by atoms with Crippen molar-refractivity contribution in [1.29, 1.82) is 0 Å². The minimum Gasteiger partial charge on any atom is -0.384 e. The number of aliphatic hydroxyl groups is 1. The molecule has 2 fully saturated rings. The van der Waals surface area contributed by atoms with Gasteiger partial charge in [-0.25, -0.2) is 8.78 Å². The molecule has 5 atom stereocenters. The molecule has 0 bridgehead atoms. The van der Waals surface area contributed by atoms with Gasteiger partial charge in [-0.05, 0) is 22.6 Å². The smallest absolute Gasteiger partial charge is 0.231 e. The molecule has 2 aromatic carbocycles. The number of carbonyl (C=O) groups excluding carboxylic acids is 1. The molecule has 0 spiro atoms. The van der Waals surface area contributed by atoms with E-state index in [0.717, 1.165) is 11.6 Å². The first-order valence-electron chi connectivity index (χ1n) is 12.2. The highest BCUT2D eigenvalue weighted by Gasteiger charge is 2.60. The normalized spacial score (nSPS) is 32.1. The molecule has 6 heteroatoms. The highest BCUT2D eigenvalue weighted by Crippen LogP contribution is 2.54. The Morgan fingerprint density at radius 1 is 1.06 bits per heavy atom. The van der Waals surface area contributed by atoms with Gasteiger partial charge in [-0.1, -0.05) is 71.0 Å². The van der Waals surface area contributed by atoms with Crippen LogP contribution in [-0.4, -0.2) is 42.1 Å². The number of nitrogens with one attached hydrogen (secondary N) is 1. The number of hydrogen-bond donors (Lipinski definition) is 2. The molecule has 2 aliphatic rings. The fourth-order valence-corrected chi connectivity index (χ4v) is 6.43. The zero-order valence-electron chi connectivity index (χ0n) is 20.7. The second-order valence-electron chi connectivity index (χ2n) is 11.3. The molecule has 34 heavy (non-hydrogen) atoms. The van der Waals surface area contributed by atoms with Gasteiger partial charge in [0.2, 0.25) is 5.91 Å². The standard InChI is InChI=1S/C28H36F2N2O2/c1-18-15-32(16-19(2)28(18,34)20-9-7-6-8-10-20)25(33)27(26(3,4)5)17-31-14-23(27)22-12-11-21(29)13-24(22)30/h6-13,18-19,23,31,34H,14-17H2,1-5H3/t18-,19+,23-,27+,28+/m0/s1. The number of likely N-dealkylation sites (tertiary alicyclic amines) is 1. The minimum absolute atomic E-state index is 0.0347. The van der Waals surface area contributed by atoms with Crippen molar-refractivity contribution < 1.29 is 18.7 Å². The number of halogens is 2. The van der Waals surface area contributed by atoms with Crippen molar-refractivity contribution >= 4 is 5.91 Å². The van der Waals surface area contributed by atoms with Crippen molar-refractivity contribution in [2.24, 2.45) is 22.7 Å². The van der Waals surface area contributed by atoms with Crippen LogP contribution in [0.1, 0.15) is 51.7 Å². The summed E-state index contributed by atoms with van der Waals surface area (Å²) in [5, 5.41) is 15.1. The van der Waals surface area contributed by atoms with Crippen molar-refractivity contribution in [2.75, 3.05) is 26.2 Å². The summed E-state index contributed by atoms with van der Waals surface area (Å²) < 4.78 is 28.6. The Kier molecular flexibility index (Phi) is 6.36. The molecule has 1 amide bonds. The molecule has 2 aliphatic heterocycles. The second-order valence-corrected chi connectivity index (χ2v) is 11.3. The molecule has 0 unspecified atom stereocenters. The Morgan fingerprint density at radius 2 is 1.68 bits per heavy atom.